The molecule has 0 saturated carbocycles. The van der Waals surface area contributed by atoms with Crippen molar-refractivity contribution in [2.75, 3.05) is 6.61 Å². The lowest BCUT2D eigenvalue weighted by atomic mass is 9.95. The highest BCUT2D eigenvalue weighted by Gasteiger charge is 2.42. The van der Waals surface area contributed by atoms with Gasteiger partial charge in [-0.3, -0.25) is 0 Å². The summed E-state index contributed by atoms with van der Waals surface area (Å²) in [6.07, 6.45) is 19.6. The van der Waals surface area contributed by atoms with Gasteiger partial charge < -0.3 is 4.74 Å². The Balaban J connectivity index is 1.79. The van der Waals surface area contributed by atoms with Gasteiger partial charge in [0.2, 0.25) is 0 Å². The lowest BCUT2D eigenvalue weighted by molar-refractivity contribution is 0.262. The van der Waals surface area contributed by atoms with E-state index < -0.39 is 0 Å². The molecule has 19 heavy (non-hydrogen) atoms. The van der Waals surface area contributed by atoms with Crippen LogP contribution in [0.2, 0.25) is 0 Å². The minimum absolute atomic E-state index is 0.343. The molecule has 0 aliphatic carbocycles. The van der Waals surface area contributed by atoms with Crippen LogP contribution in [0.25, 0.3) is 0 Å². The fourth-order valence-corrected chi connectivity index (χ4v) is 2.95. The van der Waals surface area contributed by atoms with Crippen LogP contribution in [0.3, 0.4) is 0 Å². The van der Waals surface area contributed by atoms with E-state index in [2.05, 4.69) is 13.8 Å². The second kappa shape index (κ2) is 10.7. The summed E-state index contributed by atoms with van der Waals surface area (Å²) >= 11 is 0. The van der Waals surface area contributed by atoms with Gasteiger partial charge in [-0.1, -0.05) is 90.9 Å². The second-order valence-corrected chi connectivity index (χ2v) is 6.51. The van der Waals surface area contributed by atoms with Crippen molar-refractivity contribution in [3.63, 3.8) is 0 Å². The van der Waals surface area contributed by atoms with E-state index in [0.29, 0.717) is 5.60 Å². The lowest BCUT2D eigenvalue weighted by Crippen LogP contribution is -2.10. The largest absolute Gasteiger partial charge is 0.370 e. The van der Waals surface area contributed by atoms with Crippen molar-refractivity contribution in [2.24, 2.45) is 0 Å². The molecule has 1 heterocycles. The molecule has 0 N–H and O–H groups in total. The van der Waals surface area contributed by atoms with Gasteiger partial charge in [-0.05, 0) is 12.8 Å². The van der Waals surface area contributed by atoms with Gasteiger partial charge in [-0.15, -0.1) is 0 Å². The molecule has 1 aliphatic heterocycles. The molecule has 0 aromatic rings. The van der Waals surface area contributed by atoms with Crippen LogP contribution in [-0.2, 0) is 4.74 Å². The van der Waals surface area contributed by atoms with Crippen molar-refractivity contribution in [3.05, 3.63) is 0 Å². The van der Waals surface area contributed by atoms with E-state index in [0.717, 1.165) is 6.61 Å². The summed E-state index contributed by atoms with van der Waals surface area (Å²) in [5, 5.41) is 0. The van der Waals surface area contributed by atoms with Crippen molar-refractivity contribution in [1.82, 2.24) is 0 Å². The van der Waals surface area contributed by atoms with E-state index in [4.69, 9.17) is 4.74 Å². The molecule has 0 spiro atoms. The smallest absolute Gasteiger partial charge is 0.0916 e. The summed E-state index contributed by atoms with van der Waals surface area (Å²) in [5.74, 6) is 0. The predicted molar refractivity (Wildman–Crippen MR) is 84.7 cm³/mol. The molecule has 0 amide bonds. The number of ether oxygens (including phenoxy) is 1. The monoisotopic (exact) mass is 268 g/mol. The molecule has 1 nitrogen and oxygen atoms in total. The zero-order chi connectivity index (χ0) is 13.8. The van der Waals surface area contributed by atoms with Gasteiger partial charge in [0, 0.05) is 0 Å². The molecule has 1 unspecified atom stereocenters. The molecule has 1 fully saturated rings. The van der Waals surface area contributed by atoms with Crippen LogP contribution in [0.15, 0.2) is 0 Å². The third-order valence-electron chi connectivity index (χ3n) is 4.52. The zero-order valence-electron chi connectivity index (χ0n) is 13.5. The molecule has 1 rings (SSSR count). The molecule has 0 radical (unpaired) electrons. The molecular weight excluding hydrogens is 232 g/mol. The van der Waals surface area contributed by atoms with Crippen LogP contribution >= 0.6 is 0 Å². The van der Waals surface area contributed by atoms with Gasteiger partial charge in [0.25, 0.3) is 0 Å². The Bertz CT molecular complexity index is 196. The molecule has 1 atom stereocenters. The maximum atomic E-state index is 5.68. The van der Waals surface area contributed by atoms with Crippen LogP contribution in [0.1, 0.15) is 104 Å². The van der Waals surface area contributed by atoms with Gasteiger partial charge in [0.15, 0.2) is 0 Å². The highest BCUT2D eigenvalue weighted by Crippen LogP contribution is 2.37. The number of unbranched alkanes of at least 4 members (excludes halogenated alkanes) is 10. The summed E-state index contributed by atoms with van der Waals surface area (Å²) in [7, 11) is 0. The van der Waals surface area contributed by atoms with E-state index in [1.165, 1.54) is 89.9 Å². The third kappa shape index (κ3) is 8.68. The first kappa shape index (κ1) is 17.0. The summed E-state index contributed by atoms with van der Waals surface area (Å²) in [4.78, 5) is 0. The predicted octanol–water partition coefficient (Wildman–Crippen LogP) is 6.26. The highest BCUT2D eigenvalue weighted by molar-refractivity contribution is 4.91. The van der Waals surface area contributed by atoms with Gasteiger partial charge >= 0.3 is 0 Å². The van der Waals surface area contributed by atoms with Gasteiger partial charge in [-0.25, -0.2) is 0 Å². The average molecular weight is 268 g/mol. The van der Waals surface area contributed by atoms with Crippen LogP contribution in [0.4, 0.5) is 0 Å². The molecule has 0 aromatic carbocycles. The summed E-state index contributed by atoms with van der Waals surface area (Å²) in [6, 6.07) is 0. The minimum Gasteiger partial charge on any atom is -0.370 e. The fraction of sp³-hybridized carbons (Fsp3) is 1.00. The first-order chi connectivity index (χ1) is 9.33. The number of hydrogen-bond acceptors (Lipinski definition) is 1. The Morgan fingerprint density at radius 3 is 1.53 bits per heavy atom. The minimum atomic E-state index is 0.343. The maximum Gasteiger partial charge on any atom is 0.0916 e. The van der Waals surface area contributed by atoms with Crippen LogP contribution < -0.4 is 0 Å². The molecule has 114 valence electrons. The Hall–Kier alpha value is -0.0400. The van der Waals surface area contributed by atoms with E-state index in [-0.39, 0.29) is 0 Å². The number of hydrogen-bond donors (Lipinski definition) is 0. The lowest BCUT2D eigenvalue weighted by Gasteiger charge is -2.10. The van der Waals surface area contributed by atoms with Crippen molar-refractivity contribution in [2.45, 2.75) is 109 Å². The molecule has 1 aliphatic rings. The summed E-state index contributed by atoms with van der Waals surface area (Å²) < 4.78 is 5.68. The van der Waals surface area contributed by atoms with Gasteiger partial charge in [0.05, 0.1) is 12.2 Å². The SMILES string of the molecule is CCCCCCCCCCCCC1(CCCC)CO1. The van der Waals surface area contributed by atoms with Gasteiger partial charge in [0.1, 0.15) is 0 Å². The molecule has 1 heteroatoms. The summed E-state index contributed by atoms with van der Waals surface area (Å²) in [5.41, 5.74) is 0.343. The fourth-order valence-electron chi connectivity index (χ4n) is 2.95. The highest BCUT2D eigenvalue weighted by atomic mass is 16.6. The molecule has 1 saturated heterocycles. The Kier molecular flexibility index (Phi) is 9.59. The molecular formula is C18H36O. The zero-order valence-corrected chi connectivity index (χ0v) is 13.5. The van der Waals surface area contributed by atoms with E-state index in [1.807, 2.05) is 0 Å². The third-order valence-corrected chi connectivity index (χ3v) is 4.52. The van der Waals surface area contributed by atoms with E-state index >= 15 is 0 Å². The average Bonchev–Trinajstić information content (AvgIpc) is 3.19. The van der Waals surface area contributed by atoms with Crippen molar-refractivity contribution in [1.29, 1.82) is 0 Å². The maximum absolute atomic E-state index is 5.68. The normalized spacial score (nSPS) is 21.8. The standard InChI is InChI=1S/C18H36O/c1-3-5-7-8-9-10-11-12-13-14-16-18(17-19-18)15-6-4-2/h3-17H2,1-2H3. The quantitative estimate of drug-likeness (QED) is 0.268. The molecule has 0 bridgehead atoms. The van der Waals surface area contributed by atoms with Crippen LogP contribution in [0, 0.1) is 0 Å². The molecule has 0 aromatic heterocycles. The Morgan fingerprint density at radius 2 is 1.05 bits per heavy atom. The summed E-state index contributed by atoms with van der Waals surface area (Å²) in [6.45, 7) is 5.61. The Morgan fingerprint density at radius 1 is 0.632 bits per heavy atom. The van der Waals surface area contributed by atoms with E-state index in [1.54, 1.807) is 0 Å². The van der Waals surface area contributed by atoms with Crippen molar-refractivity contribution < 1.29 is 4.74 Å². The van der Waals surface area contributed by atoms with Gasteiger partial charge in [-0.2, -0.15) is 0 Å². The second-order valence-electron chi connectivity index (χ2n) is 6.51. The Labute approximate surface area is 121 Å². The number of rotatable bonds is 14. The number of epoxide rings is 1. The first-order valence-corrected chi connectivity index (χ1v) is 8.97. The van der Waals surface area contributed by atoms with E-state index in [9.17, 15) is 0 Å². The van der Waals surface area contributed by atoms with Crippen molar-refractivity contribution >= 4 is 0 Å². The topological polar surface area (TPSA) is 12.5 Å². The van der Waals surface area contributed by atoms with Crippen LogP contribution in [-0.4, -0.2) is 12.2 Å². The van der Waals surface area contributed by atoms with Crippen LogP contribution in [0.5, 0.6) is 0 Å². The van der Waals surface area contributed by atoms with Crippen molar-refractivity contribution in [3.8, 4) is 0 Å². The first-order valence-electron chi connectivity index (χ1n) is 8.97.